The molecule has 1 amide bonds. The number of piperidine rings is 1. The summed E-state index contributed by atoms with van der Waals surface area (Å²) >= 11 is 0. The van der Waals surface area contributed by atoms with Crippen LogP contribution in [0.5, 0.6) is 0 Å². The molecule has 0 spiro atoms. The Morgan fingerprint density at radius 1 is 0.964 bits per heavy atom. The Bertz CT molecular complexity index is 768. The molecule has 5 heteroatoms. The molecule has 1 N–H and O–H groups in total. The number of rotatable bonds is 6. The first kappa shape index (κ1) is 19.0. The Labute approximate surface area is 165 Å². The molecule has 0 saturated carbocycles. The van der Waals surface area contributed by atoms with Crippen LogP contribution in [0, 0.1) is 5.92 Å². The van der Waals surface area contributed by atoms with Crippen LogP contribution in [0.3, 0.4) is 0 Å². The van der Waals surface area contributed by atoms with Crippen LogP contribution in [-0.4, -0.2) is 55.6 Å². The molecule has 2 aromatic carbocycles. The fourth-order valence-corrected chi connectivity index (χ4v) is 4.28. The minimum absolute atomic E-state index is 0.0542. The third-order valence-corrected chi connectivity index (χ3v) is 5.80. The van der Waals surface area contributed by atoms with Gasteiger partial charge in [-0.3, -0.25) is 0 Å². The first-order chi connectivity index (χ1) is 13.8. The largest absolute Gasteiger partial charge is 0.448 e. The highest BCUT2D eigenvalue weighted by atomic mass is 16.6. The second-order valence-electron chi connectivity index (χ2n) is 7.53. The van der Waals surface area contributed by atoms with E-state index in [0.29, 0.717) is 38.8 Å². The van der Waals surface area contributed by atoms with E-state index in [-0.39, 0.29) is 18.6 Å². The van der Waals surface area contributed by atoms with E-state index in [0.717, 1.165) is 12.8 Å². The van der Waals surface area contributed by atoms with Gasteiger partial charge in [-0.25, -0.2) is 4.79 Å². The van der Waals surface area contributed by atoms with Crippen molar-refractivity contribution in [2.24, 2.45) is 5.92 Å². The van der Waals surface area contributed by atoms with Crippen molar-refractivity contribution in [2.45, 2.75) is 18.8 Å². The van der Waals surface area contributed by atoms with Gasteiger partial charge < -0.3 is 19.5 Å². The summed E-state index contributed by atoms with van der Waals surface area (Å²) in [6.45, 7) is 2.85. The lowest BCUT2D eigenvalue weighted by Crippen LogP contribution is -2.40. The van der Waals surface area contributed by atoms with E-state index in [2.05, 4.69) is 36.4 Å². The number of nitrogens with zero attached hydrogens (tertiary/aromatic N) is 1. The van der Waals surface area contributed by atoms with E-state index in [1.54, 1.807) is 4.90 Å². The Kier molecular flexibility index (Phi) is 5.93. The summed E-state index contributed by atoms with van der Waals surface area (Å²) < 4.78 is 11.2. The highest BCUT2D eigenvalue weighted by Crippen LogP contribution is 2.44. The number of aliphatic hydroxyl groups is 1. The number of likely N-dealkylation sites (tertiary alicyclic amines) is 1. The van der Waals surface area contributed by atoms with E-state index in [1.807, 2.05) is 12.1 Å². The molecule has 0 atom stereocenters. The lowest BCUT2D eigenvalue weighted by atomic mass is 9.98. The van der Waals surface area contributed by atoms with Crippen molar-refractivity contribution < 1.29 is 19.4 Å². The number of carbonyl (C=O) groups is 1. The maximum atomic E-state index is 12.6. The molecule has 4 rings (SSSR count). The van der Waals surface area contributed by atoms with Crippen molar-refractivity contribution in [3.8, 4) is 11.1 Å². The average molecular weight is 381 g/mol. The zero-order valence-corrected chi connectivity index (χ0v) is 16.0. The summed E-state index contributed by atoms with van der Waals surface area (Å²) in [6, 6.07) is 16.7. The van der Waals surface area contributed by atoms with Crippen molar-refractivity contribution >= 4 is 6.09 Å². The maximum absolute atomic E-state index is 12.6. The fourth-order valence-electron chi connectivity index (χ4n) is 4.28. The number of carbonyl (C=O) groups excluding carboxylic acids is 1. The van der Waals surface area contributed by atoms with E-state index in [4.69, 9.17) is 14.6 Å². The summed E-state index contributed by atoms with van der Waals surface area (Å²) in [5.74, 6) is 0.546. The SMILES string of the molecule is O=C(OCC1c2ccccc2-c2ccccc21)N1CCC(COCCO)CC1. The standard InChI is InChI=1S/C23H27NO4/c25-13-14-27-15-17-9-11-24(12-10-17)23(26)28-16-22-20-7-3-1-5-18(20)19-6-2-4-8-21(19)22/h1-8,17,22,25H,9-16H2. The van der Waals surface area contributed by atoms with Crippen LogP contribution < -0.4 is 0 Å². The Morgan fingerprint density at radius 3 is 2.18 bits per heavy atom. The summed E-state index contributed by atoms with van der Waals surface area (Å²) in [6.07, 6.45) is 1.60. The van der Waals surface area contributed by atoms with Gasteiger partial charge in [-0.2, -0.15) is 0 Å². The molecule has 2 aliphatic rings. The van der Waals surface area contributed by atoms with Gasteiger partial charge in [-0.05, 0) is 41.0 Å². The Balaban J connectivity index is 1.33. The first-order valence-corrected chi connectivity index (χ1v) is 10.1. The van der Waals surface area contributed by atoms with Gasteiger partial charge >= 0.3 is 6.09 Å². The normalized spacial score (nSPS) is 16.7. The molecule has 0 aromatic heterocycles. The monoisotopic (exact) mass is 381 g/mol. The smallest absolute Gasteiger partial charge is 0.409 e. The third-order valence-electron chi connectivity index (χ3n) is 5.80. The zero-order chi connectivity index (χ0) is 19.3. The number of ether oxygens (including phenoxy) is 2. The molecule has 2 aromatic rings. The van der Waals surface area contributed by atoms with Crippen LogP contribution >= 0.6 is 0 Å². The van der Waals surface area contributed by atoms with E-state index >= 15 is 0 Å². The van der Waals surface area contributed by atoms with Crippen molar-refractivity contribution in [1.29, 1.82) is 0 Å². The van der Waals surface area contributed by atoms with Crippen molar-refractivity contribution in [3.63, 3.8) is 0 Å². The summed E-state index contributed by atoms with van der Waals surface area (Å²) in [5.41, 5.74) is 4.94. The molecular formula is C23H27NO4. The number of aliphatic hydroxyl groups excluding tert-OH is 1. The van der Waals surface area contributed by atoms with Gasteiger partial charge in [-0.1, -0.05) is 48.5 Å². The van der Waals surface area contributed by atoms with Gasteiger partial charge in [0.05, 0.1) is 13.2 Å². The topological polar surface area (TPSA) is 59.0 Å². The molecule has 0 unspecified atom stereocenters. The molecule has 1 aliphatic carbocycles. The van der Waals surface area contributed by atoms with Crippen LogP contribution in [0.1, 0.15) is 29.9 Å². The third kappa shape index (κ3) is 3.91. The van der Waals surface area contributed by atoms with Crippen LogP contribution in [0.4, 0.5) is 4.79 Å². The fraction of sp³-hybridized carbons (Fsp3) is 0.435. The van der Waals surface area contributed by atoms with Gasteiger partial charge in [0.2, 0.25) is 0 Å². The number of hydrogen-bond acceptors (Lipinski definition) is 4. The summed E-state index contributed by atoms with van der Waals surface area (Å²) in [5, 5.41) is 8.79. The van der Waals surface area contributed by atoms with E-state index in [1.165, 1.54) is 22.3 Å². The van der Waals surface area contributed by atoms with Gasteiger partial charge in [-0.15, -0.1) is 0 Å². The van der Waals surface area contributed by atoms with Gasteiger partial charge in [0.15, 0.2) is 0 Å². The van der Waals surface area contributed by atoms with Crippen LogP contribution in [-0.2, 0) is 9.47 Å². The maximum Gasteiger partial charge on any atom is 0.409 e. The zero-order valence-electron chi connectivity index (χ0n) is 16.0. The number of fused-ring (bicyclic) bond motifs is 3. The molecule has 0 radical (unpaired) electrons. The van der Waals surface area contributed by atoms with E-state index < -0.39 is 0 Å². The number of benzene rings is 2. The Hall–Kier alpha value is -2.37. The van der Waals surface area contributed by atoms with Crippen LogP contribution in [0.25, 0.3) is 11.1 Å². The van der Waals surface area contributed by atoms with Crippen molar-refractivity contribution in [1.82, 2.24) is 4.90 Å². The molecule has 1 heterocycles. The molecular weight excluding hydrogens is 354 g/mol. The number of hydrogen-bond donors (Lipinski definition) is 1. The lowest BCUT2D eigenvalue weighted by Gasteiger charge is -2.31. The molecule has 5 nitrogen and oxygen atoms in total. The molecule has 0 bridgehead atoms. The molecule has 1 fully saturated rings. The summed E-state index contributed by atoms with van der Waals surface area (Å²) in [4.78, 5) is 14.4. The second kappa shape index (κ2) is 8.76. The van der Waals surface area contributed by atoms with Crippen molar-refractivity contribution in [3.05, 3.63) is 59.7 Å². The summed E-state index contributed by atoms with van der Waals surface area (Å²) in [7, 11) is 0. The first-order valence-electron chi connectivity index (χ1n) is 10.1. The van der Waals surface area contributed by atoms with Gasteiger partial charge in [0, 0.05) is 25.6 Å². The predicted octanol–water partition coefficient (Wildman–Crippen LogP) is 3.66. The predicted molar refractivity (Wildman–Crippen MR) is 107 cm³/mol. The van der Waals surface area contributed by atoms with Crippen molar-refractivity contribution in [2.75, 3.05) is 39.5 Å². The lowest BCUT2D eigenvalue weighted by molar-refractivity contribution is 0.0407. The van der Waals surface area contributed by atoms with E-state index in [9.17, 15) is 4.79 Å². The van der Waals surface area contributed by atoms with Gasteiger partial charge in [0.25, 0.3) is 0 Å². The average Bonchev–Trinajstić information content (AvgIpc) is 3.06. The van der Waals surface area contributed by atoms with Crippen LogP contribution in [0.15, 0.2) is 48.5 Å². The quantitative estimate of drug-likeness (QED) is 0.776. The second-order valence-corrected chi connectivity index (χ2v) is 7.53. The molecule has 148 valence electrons. The molecule has 1 aliphatic heterocycles. The highest BCUT2D eigenvalue weighted by Gasteiger charge is 2.30. The minimum atomic E-state index is -0.225. The Morgan fingerprint density at radius 2 is 1.57 bits per heavy atom. The molecule has 28 heavy (non-hydrogen) atoms. The highest BCUT2D eigenvalue weighted by molar-refractivity contribution is 5.79. The molecule has 1 saturated heterocycles. The van der Waals surface area contributed by atoms with Gasteiger partial charge in [0.1, 0.15) is 6.61 Å². The van der Waals surface area contributed by atoms with Crippen LogP contribution in [0.2, 0.25) is 0 Å². The number of amides is 1. The minimum Gasteiger partial charge on any atom is -0.448 e.